The zero-order valence-electron chi connectivity index (χ0n) is 56.6. The Morgan fingerprint density at radius 2 is 0.932 bits per heavy atom. The Morgan fingerprint density at radius 3 is 1.50 bits per heavy atom. The van der Waals surface area contributed by atoms with Crippen molar-refractivity contribution < 1.29 is 112 Å². The smallest absolute Gasteiger partial charge is 0.192 e. The molecule has 504 valence electrons. The number of carbonyl (C=O) groups is 1. The number of hydrogen-bond acceptors (Lipinski definition) is 15. The molecule has 0 fully saturated rings. The largest absolute Gasteiger partial charge is 0.620 e. The van der Waals surface area contributed by atoms with Crippen LogP contribution in [0.1, 0.15) is 39.9 Å². The summed E-state index contributed by atoms with van der Waals surface area (Å²) in [5.41, 5.74) is 12.9. The summed E-state index contributed by atoms with van der Waals surface area (Å²) in [6, 6.07) is 72.0. The van der Waals surface area contributed by atoms with Crippen molar-refractivity contribution in [1.29, 1.82) is 0 Å². The zero-order valence-corrected chi connectivity index (χ0v) is 70.9. The summed E-state index contributed by atoms with van der Waals surface area (Å²) in [5.74, 6) is 0.929. The first kappa shape index (κ1) is 79.0. The van der Waals surface area contributed by atoms with Crippen LogP contribution in [0.4, 0.5) is 22.7 Å². The number of aromatic nitrogens is 10. The van der Waals surface area contributed by atoms with Crippen molar-refractivity contribution in [2.75, 3.05) is 0 Å². The van der Waals surface area contributed by atoms with Crippen LogP contribution in [0, 0.1) is 27.7 Å². The number of rotatable bonds is 15. The van der Waals surface area contributed by atoms with Gasteiger partial charge in [0.05, 0.1) is 42.8 Å². The van der Waals surface area contributed by atoms with Gasteiger partial charge in [0.15, 0.2) is 17.1 Å². The Balaban J connectivity index is 0.000000174. The van der Waals surface area contributed by atoms with E-state index in [0.717, 1.165) is 51.3 Å². The van der Waals surface area contributed by atoms with Crippen LogP contribution in [-0.4, -0.2) is 80.1 Å². The van der Waals surface area contributed by atoms with E-state index in [9.17, 15) is 30.0 Å². The number of carbonyl (C=O) groups excluding carboxylic acids is 1. The fourth-order valence-electron chi connectivity index (χ4n) is 10.4. The van der Waals surface area contributed by atoms with Crippen LogP contribution in [0.25, 0.3) is 86.7 Å². The third-order valence-corrected chi connectivity index (χ3v) is 19.1. The van der Waals surface area contributed by atoms with E-state index in [1.807, 2.05) is 106 Å². The molecule has 15 rings (SSSR count). The van der Waals surface area contributed by atoms with E-state index in [2.05, 4.69) is 85.5 Å². The molecule has 9 aromatic carbocycles. The Labute approximate surface area is 646 Å². The Kier molecular flexibility index (Phi) is 26.8. The van der Waals surface area contributed by atoms with Gasteiger partial charge in [-0.1, -0.05) is 222 Å². The molecule has 0 atom stereocenters. The van der Waals surface area contributed by atoms with E-state index >= 15 is 0 Å². The fourth-order valence-corrected chi connectivity index (χ4v) is 13.4. The van der Waals surface area contributed by atoms with Crippen molar-refractivity contribution in [3.05, 3.63) is 309 Å². The number of para-hydroxylation sites is 2. The topological polar surface area (TPSA) is 293 Å². The maximum absolute atomic E-state index is 12.9. The molecule has 15 aromatic rings. The maximum Gasteiger partial charge on any atom is 0.192 e. The first-order valence-electron chi connectivity index (χ1n) is 30.8. The number of amides is 1. The maximum atomic E-state index is 12.9. The predicted octanol–water partition coefficient (Wildman–Crippen LogP) is 17.0. The number of fused-ring (bicyclic) bond motifs is 4. The molecule has 29 heteroatoms. The molecule has 0 aliphatic heterocycles. The number of benzene rings is 9. The summed E-state index contributed by atoms with van der Waals surface area (Å²) in [6.07, 6.45) is 4.53. The van der Waals surface area contributed by atoms with E-state index in [1.165, 1.54) is 39.5 Å². The molecule has 0 aliphatic rings. The van der Waals surface area contributed by atoms with Crippen LogP contribution < -0.4 is 0 Å². The van der Waals surface area contributed by atoms with Gasteiger partial charge in [-0.25, -0.2) is 49.7 Å². The first-order chi connectivity index (χ1) is 47.8. The molecular weight excluding hydrogens is 1570 g/mol. The van der Waals surface area contributed by atoms with Gasteiger partial charge in [0.1, 0.15) is 54.2 Å². The van der Waals surface area contributed by atoms with Gasteiger partial charge in [-0.2, -0.15) is 5.10 Å². The quantitative estimate of drug-likeness (QED) is 0.0862. The van der Waals surface area contributed by atoms with Crippen LogP contribution >= 0.6 is 0 Å². The minimum atomic E-state index is -3.80. The molecule has 0 bridgehead atoms. The number of pyridine rings is 1. The first-order valence-corrected chi connectivity index (χ1v) is 35.1. The van der Waals surface area contributed by atoms with E-state index in [-0.39, 0.29) is 110 Å². The number of aryl methyl sites for hydroxylation is 5. The van der Waals surface area contributed by atoms with Gasteiger partial charge in [0.2, 0.25) is 0 Å². The number of nitrogens with zero attached hydrogens (tertiary/aromatic N) is 14. The van der Waals surface area contributed by atoms with E-state index < -0.39 is 30.1 Å². The summed E-state index contributed by atoms with van der Waals surface area (Å²) in [7, 11) is -11.3. The van der Waals surface area contributed by atoms with Gasteiger partial charge in [-0.15, -0.1) is 14.8 Å². The predicted molar refractivity (Wildman–Crippen MR) is 382 cm³/mol. The SMILES string of the molecule is CCn1c(-c2ccccc2)nc2c([N-]S(=O)(=O)c3ccccc3)cccc21.Cc1ccc(-c2ccc(C(=O)[N-]c3cc(-c4ccccc4)nn4ncnc34)cc2)cc1.Cc1ccc(S(=O)(=O)[N-]c2cc(C)cn3ncnc23)cc1.Cc1nc2c([N-]S(=O)(=O)c3ccccc3)cccc2o1.[Zn].[Zn].[Zn].[Zn]. The van der Waals surface area contributed by atoms with Crippen LogP contribution in [-0.2, 0) is 115 Å². The molecule has 0 unspecified atom stereocenters. The molecule has 1 amide bonds. The summed E-state index contributed by atoms with van der Waals surface area (Å²) in [5, 5.41) is 16.9. The zero-order chi connectivity index (χ0) is 69.3. The van der Waals surface area contributed by atoms with Gasteiger partial charge >= 0.3 is 0 Å². The molecule has 0 spiro atoms. The van der Waals surface area contributed by atoms with E-state index in [4.69, 9.17) is 9.40 Å². The Morgan fingerprint density at radius 1 is 0.447 bits per heavy atom. The van der Waals surface area contributed by atoms with Gasteiger partial charge in [0.25, 0.3) is 0 Å². The molecule has 103 heavy (non-hydrogen) atoms. The van der Waals surface area contributed by atoms with Crippen molar-refractivity contribution in [3.63, 3.8) is 0 Å². The second-order valence-electron chi connectivity index (χ2n) is 22.3. The van der Waals surface area contributed by atoms with Gasteiger partial charge in [0, 0.05) is 109 Å². The van der Waals surface area contributed by atoms with Crippen molar-refractivity contribution in [2.24, 2.45) is 0 Å². The molecule has 6 aromatic heterocycles. The minimum absolute atomic E-state index is 0. The van der Waals surface area contributed by atoms with Crippen LogP contribution in [0.5, 0.6) is 0 Å². The average Bonchev–Trinajstić information content (AvgIpc) is 1.67. The number of imidazole rings is 1. The summed E-state index contributed by atoms with van der Waals surface area (Å²) in [4.78, 5) is 30.5. The number of hydrogen-bond donors (Lipinski definition) is 0. The normalized spacial score (nSPS) is 11.0. The van der Waals surface area contributed by atoms with Crippen molar-refractivity contribution in [3.8, 4) is 33.8 Å². The van der Waals surface area contributed by atoms with Gasteiger partial charge in [-0.3, -0.25) is 0 Å². The van der Waals surface area contributed by atoms with Crippen molar-refractivity contribution in [1.82, 2.24) is 48.9 Å². The van der Waals surface area contributed by atoms with Crippen molar-refractivity contribution >= 4 is 92.2 Å². The molecule has 0 aliphatic carbocycles. The second kappa shape index (κ2) is 35.0. The third-order valence-electron chi connectivity index (χ3n) is 15.2. The summed E-state index contributed by atoms with van der Waals surface area (Å²) < 4.78 is 96.7. The third kappa shape index (κ3) is 18.9. The van der Waals surface area contributed by atoms with Gasteiger partial charge < -0.3 is 33.3 Å². The standard InChI is InChI=1S/C25H19N5O.C21H18N3O2S.C14H13N4O2S.C14H11N2O3S.4Zn/c1-17-7-9-18(10-8-17)19-11-13-21(14-12-19)25(31)28-23-15-22(20-5-3-2-4-6-20)29-30-24(23)26-16-27-30;1-2-24-19-15-9-14-18(23-27(25,26)17-12-7-4-8-13-17)20(19)22-21(24)16-10-5-3-6-11-16;1-10-3-5-12(6-4-10)21(19,20)17-13-7-11(2)8-18-14(13)15-9-16-18;1-10-15-14-12(8-5-9-13(14)19-10)16-20(17,18)11-6-3-2-4-7-11;;;;/h2-16H,1H3,(H,28,29,31);3-15H,2H2,1H3;3-9H,1-2H3;2-9H,1H3;;;;/q;3*-1;;;;/p-1. The minimum Gasteiger partial charge on any atom is -0.620 e. The molecule has 22 nitrogen and oxygen atoms in total. The number of sulfonamides is 3. The Hall–Kier alpha value is -9.70. The van der Waals surface area contributed by atoms with E-state index in [1.54, 1.807) is 134 Å². The molecule has 6 heterocycles. The van der Waals surface area contributed by atoms with Crippen LogP contribution in [0.15, 0.2) is 281 Å². The summed E-state index contributed by atoms with van der Waals surface area (Å²) >= 11 is 0. The molecule has 0 saturated carbocycles. The van der Waals surface area contributed by atoms with Crippen LogP contribution in [0.3, 0.4) is 0 Å². The molecular formula is C74H60N14O8S3Zn4-4. The van der Waals surface area contributed by atoms with Crippen molar-refractivity contribution in [2.45, 2.75) is 55.8 Å². The monoisotopic (exact) mass is 1620 g/mol. The van der Waals surface area contributed by atoms with Crippen LogP contribution in [0.2, 0.25) is 0 Å². The van der Waals surface area contributed by atoms with E-state index in [0.29, 0.717) is 56.4 Å². The second-order valence-corrected chi connectivity index (χ2v) is 27.1. The van der Waals surface area contributed by atoms with Gasteiger partial charge in [-0.05, 0) is 105 Å². The summed E-state index contributed by atoms with van der Waals surface area (Å²) in [6.45, 7) is 10.3. The molecule has 0 saturated heterocycles. The molecule has 0 radical (unpaired) electrons. The number of oxazole rings is 1. The average molecular weight is 1630 g/mol. The Bertz CT molecular complexity index is 5730. The molecule has 0 N–H and O–H groups in total. The fraction of sp³-hybridized carbons (Fsp3) is 0.0811.